The number of nitrogens with zero attached hydrogens (tertiary/aromatic N) is 1. The second kappa shape index (κ2) is 5.57. The van der Waals surface area contributed by atoms with Gasteiger partial charge in [0.1, 0.15) is 5.75 Å². The van der Waals surface area contributed by atoms with Crippen LogP contribution in [0.15, 0.2) is 42.5 Å². The van der Waals surface area contributed by atoms with Crippen LogP contribution in [0.3, 0.4) is 0 Å². The van der Waals surface area contributed by atoms with Crippen molar-refractivity contribution in [3.8, 4) is 5.75 Å². The first-order valence-corrected chi connectivity index (χ1v) is 7.02. The topological polar surface area (TPSA) is 83.9 Å². The summed E-state index contributed by atoms with van der Waals surface area (Å²) < 4.78 is 5.44. The van der Waals surface area contributed by atoms with Gasteiger partial charge in [-0.3, -0.25) is 9.59 Å². The normalized spacial score (nSPS) is 13.2. The second-order valence-electron chi connectivity index (χ2n) is 4.91. The first-order valence-electron chi connectivity index (χ1n) is 7.02. The Morgan fingerprint density at radius 2 is 1.70 bits per heavy atom. The molecule has 0 saturated heterocycles. The van der Waals surface area contributed by atoms with Crippen LogP contribution < -0.4 is 9.64 Å². The van der Waals surface area contributed by atoms with E-state index in [1.807, 2.05) is 0 Å². The Bertz CT molecular complexity index is 792. The van der Waals surface area contributed by atoms with E-state index in [2.05, 4.69) is 0 Å². The van der Waals surface area contributed by atoms with Crippen molar-refractivity contribution < 1.29 is 24.2 Å². The van der Waals surface area contributed by atoms with Gasteiger partial charge < -0.3 is 9.84 Å². The standard InChI is InChI=1S/C17H13NO5/c1-2-23-14-8-7-10(17(21)22)9-13(14)18-15(19)11-5-3-4-6-12(11)16(18)20/h3-9H,2H2,1H3,(H,21,22). The molecule has 0 fully saturated rings. The first-order chi connectivity index (χ1) is 11.0. The summed E-state index contributed by atoms with van der Waals surface area (Å²) in [4.78, 5) is 37.2. The molecule has 0 atom stereocenters. The summed E-state index contributed by atoms with van der Waals surface area (Å²) in [6, 6.07) is 10.6. The van der Waals surface area contributed by atoms with Crippen molar-refractivity contribution in [3.05, 3.63) is 59.2 Å². The van der Waals surface area contributed by atoms with Gasteiger partial charge in [-0.1, -0.05) is 12.1 Å². The summed E-state index contributed by atoms with van der Waals surface area (Å²) in [5, 5.41) is 9.15. The molecule has 0 bridgehead atoms. The van der Waals surface area contributed by atoms with Crippen LogP contribution in [-0.2, 0) is 0 Å². The van der Waals surface area contributed by atoms with Crippen molar-refractivity contribution >= 4 is 23.5 Å². The van der Waals surface area contributed by atoms with Crippen molar-refractivity contribution in [2.24, 2.45) is 0 Å². The van der Waals surface area contributed by atoms with Gasteiger partial charge >= 0.3 is 5.97 Å². The molecule has 1 heterocycles. The van der Waals surface area contributed by atoms with Gasteiger partial charge in [0, 0.05) is 0 Å². The number of carbonyl (C=O) groups is 3. The molecule has 0 unspecified atom stereocenters. The average Bonchev–Trinajstić information content (AvgIpc) is 2.80. The molecule has 23 heavy (non-hydrogen) atoms. The van der Waals surface area contributed by atoms with Crippen molar-refractivity contribution in [3.63, 3.8) is 0 Å². The van der Waals surface area contributed by atoms with Crippen LogP contribution in [-0.4, -0.2) is 29.5 Å². The molecule has 0 radical (unpaired) electrons. The van der Waals surface area contributed by atoms with Gasteiger partial charge in [0.2, 0.25) is 0 Å². The van der Waals surface area contributed by atoms with Crippen LogP contribution >= 0.6 is 0 Å². The van der Waals surface area contributed by atoms with E-state index in [4.69, 9.17) is 9.84 Å². The molecule has 0 saturated carbocycles. The van der Waals surface area contributed by atoms with Crippen molar-refractivity contribution in [1.82, 2.24) is 0 Å². The number of amides is 2. The van der Waals surface area contributed by atoms with Crippen LogP contribution in [0.4, 0.5) is 5.69 Å². The maximum absolute atomic E-state index is 12.5. The highest BCUT2D eigenvalue weighted by Crippen LogP contribution is 2.35. The summed E-state index contributed by atoms with van der Waals surface area (Å²) in [7, 11) is 0. The molecule has 0 spiro atoms. The number of rotatable bonds is 4. The number of aromatic carboxylic acids is 1. The third-order valence-corrected chi connectivity index (χ3v) is 3.54. The van der Waals surface area contributed by atoms with Gasteiger partial charge in [0.25, 0.3) is 11.8 Å². The zero-order chi connectivity index (χ0) is 16.6. The number of benzene rings is 2. The number of carbonyl (C=O) groups excluding carboxylic acids is 2. The highest BCUT2D eigenvalue weighted by molar-refractivity contribution is 6.34. The summed E-state index contributed by atoms with van der Waals surface area (Å²) in [5.41, 5.74) is 0.694. The fourth-order valence-electron chi connectivity index (χ4n) is 2.51. The Labute approximate surface area is 131 Å². The van der Waals surface area contributed by atoms with Crippen LogP contribution in [0.1, 0.15) is 38.0 Å². The van der Waals surface area contributed by atoms with Crippen molar-refractivity contribution in [1.29, 1.82) is 0 Å². The van der Waals surface area contributed by atoms with E-state index >= 15 is 0 Å². The third-order valence-electron chi connectivity index (χ3n) is 3.54. The highest BCUT2D eigenvalue weighted by atomic mass is 16.5. The zero-order valence-corrected chi connectivity index (χ0v) is 12.3. The van der Waals surface area contributed by atoms with Gasteiger partial charge in [-0.2, -0.15) is 0 Å². The lowest BCUT2D eigenvalue weighted by atomic mass is 10.1. The van der Waals surface area contributed by atoms with E-state index in [-0.39, 0.29) is 17.0 Å². The third kappa shape index (κ3) is 2.34. The lowest BCUT2D eigenvalue weighted by molar-refractivity contribution is 0.0695. The molecular weight excluding hydrogens is 298 g/mol. The van der Waals surface area contributed by atoms with Crippen LogP contribution in [0.2, 0.25) is 0 Å². The van der Waals surface area contributed by atoms with E-state index in [0.717, 1.165) is 4.90 Å². The van der Waals surface area contributed by atoms with Gasteiger partial charge in [0.15, 0.2) is 0 Å². The first kappa shape index (κ1) is 14.8. The predicted octanol–water partition coefficient (Wildman–Crippen LogP) is 2.58. The number of imide groups is 1. The zero-order valence-electron chi connectivity index (χ0n) is 12.3. The minimum atomic E-state index is -1.15. The number of hydrogen-bond acceptors (Lipinski definition) is 4. The molecule has 2 aromatic carbocycles. The number of anilines is 1. The number of hydrogen-bond donors (Lipinski definition) is 1. The summed E-state index contributed by atoms with van der Waals surface area (Å²) >= 11 is 0. The Morgan fingerprint density at radius 3 is 2.22 bits per heavy atom. The van der Waals surface area contributed by atoms with E-state index in [0.29, 0.717) is 17.7 Å². The molecule has 1 N–H and O–H groups in total. The smallest absolute Gasteiger partial charge is 0.335 e. The van der Waals surface area contributed by atoms with Crippen molar-refractivity contribution in [2.45, 2.75) is 6.92 Å². The Morgan fingerprint density at radius 1 is 1.09 bits per heavy atom. The molecule has 0 aliphatic carbocycles. The maximum Gasteiger partial charge on any atom is 0.335 e. The average molecular weight is 311 g/mol. The summed E-state index contributed by atoms with van der Waals surface area (Å²) in [6.07, 6.45) is 0. The van der Waals surface area contributed by atoms with Crippen LogP contribution in [0.25, 0.3) is 0 Å². The van der Waals surface area contributed by atoms with E-state index in [1.165, 1.54) is 18.2 Å². The fraction of sp³-hybridized carbons (Fsp3) is 0.118. The lowest BCUT2D eigenvalue weighted by Crippen LogP contribution is -2.30. The number of carboxylic acid groups (broad SMARTS) is 1. The molecule has 6 heteroatoms. The molecule has 0 aromatic heterocycles. The Balaban J connectivity index is 2.15. The number of ether oxygens (including phenoxy) is 1. The molecule has 116 valence electrons. The molecule has 2 amide bonds. The largest absolute Gasteiger partial charge is 0.492 e. The lowest BCUT2D eigenvalue weighted by Gasteiger charge is -2.18. The summed E-state index contributed by atoms with van der Waals surface area (Å²) in [5.74, 6) is -1.85. The molecular formula is C17H13NO5. The fourth-order valence-corrected chi connectivity index (χ4v) is 2.51. The Kier molecular flexibility index (Phi) is 3.57. The van der Waals surface area contributed by atoms with Gasteiger partial charge in [-0.05, 0) is 37.3 Å². The monoisotopic (exact) mass is 311 g/mol. The molecule has 1 aliphatic rings. The maximum atomic E-state index is 12.5. The van der Waals surface area contributed by atoms with Crippen molar-refractivity contribution in [2.75, 3.05) is 11.5 Å². The number of carboxylic acids is 1. The Hall–Kier alpha value is -3.15. The van der Waals surface area contributed by atoms with E-state index in [9.17, 15) is 14.4 Å². The molecule has 1 aliphatic heterocycles. The quantitative estimate of drug-likeness (QED) is 0.877. The van der Waals surface area contributed by atoms with Crippen LogP contribution in [0.5, 0.6) is 5.75 Å². The van der Waals surface area contributed by atoms with Crippen LogP contribution in [0, 0.1) is 0 Å². The minimum absolute atomic E-state index is 0.0278. The summed E-state index contributed by atoms with van der Waals surface area (Å²) in [6.45, 7) is 2.08. The van der Waals surface area contributed by atoms with Gasteiger partial charge in [-0.25, -0.2) is 9.69 Å². The van der Waals surface area contributed by atoms with Gasteiger partial charge in [-0.15, -0.1) is 0 Å². The molecule has 6 nitrogen and oxygen atoms in total. The second-order valence-corrected chi connectivity index (χ2v) is 4.91. The van der Waals surface area contributed by atoms with E-state index < -0.39 is 17.8 Å². The highest BCUT2D eigenvalue weighted by Gasteiger charge is 2.38. The van der Waals surface area contributed by atoms with E-state index in [1.54, 1.807) is 31.2 Å². The molecule has 2 aromatic rings. The predicted molar refractivity (Wildman–Crippen MR) is 82.2 cm³/mol. The van der Waals surface area contributed by atoms with Gasteiger partial charge in [0.05, 0.1) is 29.0 Å². The molecule has 3 rings (SSSR count). The number of fused-ring (bicyclic) bond motifs is 1. The minimum Gasteiger partial charge on any atom is -0.492 e. The SMILES string of the molecule is CCOc1ccc(C(=O)O)cc1N1C(=O)c2ccccc2C1=O.